The number of nitro benzene ring substituents is 1. The standard InChI is InChI=1S/C10H14N2O4/c1-15-9-4-3-8(12(13)14)7-10(9)16-6-2-5-11/h3-4,7H,2,5-6,11H2,1H3. The van der Waals surface area contributed by atoms with Crippen molar-refractivity contribution in [2.75, 3.05) is 20.3 Å². The Morgan fingerprint density at radius 2 is 2.19 bits per heavy atom. The Kier molecular flexibility index (Phi) is 4.53. The Bertz CT molecular complexity index is 368. The summed E-state index contributed by atoms with van der Waals surface area (Å²) in [5.41, 5.74) is 5.30. The van der Waals surface area contributed by atoms with E-state index in [9.17, 15) is 10.1 Å². The van der Waals surface area contributed by atoms with Crippen molar-refractivity contribution in [3.8, 4) is 11.5 Å². The van der Waals surface area contributed by atoms with Crippen LogP contribution in [0.4, 0.5) is 5.69 Å². The van der Waals surface area contributed by atoms with Gasteiger partial charge in [-0.15, -0.1) is 0 Å². The minimum Gasteiger partial charge on any atom is -0.493 e. The third-order valence-corrected chi connectivity index (χ3v) is 1.96. The van der Waals surface area contributed by atoms with E-state index in [-0.39, 0.29) is 5.69 Å². The molecule has 6 heteroatoms. The highest BCUT2D eigenvalue weighted by atomic mass is 16.6. The molecular weight excluding hydrogens is 212 g/mol. The van der Waals surface area contributed by atoms with Crippen LogP contribution in [0.15, 0.2) is 18.2 Å². The molecule has 0 radical (unpaired) electrons. The minimum atomic E-state index is -0.477. The monoisotopic (exact) mass is 226 g/mol. The van der Waals surface area contributed by atoms with Crippen LogP contribution in [-0.2, 0) is 0 Å². The third kappa shape index (κ3) is 3.09. The second-order valence-corrected chi connectivity index (χ2v) is 3.08. The molecule has 1 aromatic rings. The fraction of sp³-hybridized carbons (Fsp3) is 0.400. The van der Waals surface area contributed by atoms with Crippen molar-refractivity contribution in [3.63, 3.8) is 0 Å². The Hall–Kier alpha value is -1.82. The maximum absolute atomic E-state index is 10.6. The van der Waals surface area contributed by atoms with Crippen molar-refractivity contribution in [1.82, 2.24) is 0 Å². The molecule has 0 aliphatic rings. The van der Waals surface area contributed by atoms with Gasteiger partial charge in [-0.1, -0.05) is 0 Å². The predicted molar refractivity (Wildman–Crippen MR) is 58.8 cm³/mol. The topological polar surface area (TPSA) is 87.6 Å². The first kappa shape index (κ1) is 12.3. The fourth-order valence-corrected chi connectivity index (χ4v) is 1.16. The van der Waals surface area contributed by atoms with Gasteiger partial charge in [-0.3, -0.25) is 10.1 Å². The van der Waals surface area contributed by atoms with Crippen molar-refractivity contribution in [3.05, 3.63) is 28.3 Å². The lowest BCUT2D eigenvalue weighted by molar-refractivity contribution is -0.385. The number of non-ortho nitro benzene ring substituents is 1. The second-order valence-electron chi connectivity index (χ2n) is 3.08. The number of ether oxygens (including phenoxy) is 2. The minimum absolute atomic E-state index is 0.0245. The third-order valence-electron chi connectivity index (χ3n) is 1.96. The van der Waals surface area contributed by atoms with Crippen LogP contribution in [0.1, 0.15) is 6.42 Å². The highest BCUT2D eigenvalue weighted by molar-refractivity contribution is 5.48. The largest absolute Gasteiger partial charge is 0.493 e. The van der Waals surface area contributed by atoms with E-state index in [1.807, 2.05) is 0 Å². The van der Waals surface area contributed by atoms with Crippen molar-refractivity contribution in [2.45, 2.75) is 6.42 Å². The molecule has 6 nitrogen and oxygen atoms in total. The molecule has 0 heterocycles. The van der Waals surface area contributed by atoms with Crippen LogP contribution in [0, 0.1) is 10.1 Å². The van der Waals surface area contributed by atoms with Gasteiger partial charge < -0.3 is 15.2 Å². The smallest absolute Gasteiger partial charge is 0.273 e. The summed E-state index contributed by atoms with van der Waals surface area (Å²) in [6, 6.07) is 4.22. The number of rotatable bonds is 6. The molecule has 0 fully saturated rings. The summed E-state index contributed by atoms with van der Waals surface area (Å²) < 4.78 is 10.4. The van der Waals surface area contributed by atoms with Gasteiger partial charge in [0, 0.05) is 6.07 Å². The number of nitro groups is 1. The molecule has 0 aromatic heterocycles. The van der Waals surface area contributed by atoms with E-state index in [2.05, 4.69) is 0 Å². The molecule has 0 bridgehead atoms. The van der Waals surface area contributed by atoms with Gasteiger partial charge in [0.1, 0.15) is 0 Å². The van der Waals surface area contributed by atoms with Crippen molar-refractivity contribution < 1.29 is 14.4 Å². The van der Waals surface area contributed by atoms with E-state index in [4.69, 9.17) is 15.2 Å². The summed E-state index contributed by atoms with van der Waals surface area (Å²) >= 11 is 0. The molecule has 16 heavy (non-hydrogen) atoms. The molecule has 0 aliphatic carbocycles. The molecule has 0 spiro atoms. The Morgan fingerprint density at radius 1 is 1.44 bits per heavy atom. The molecule has 0 saturated heterocycles. The second kappa shape index (κ2) is 5.92. The highest BCUT2D eigenvalue weighted by Crippen LogP contribution is 2.31. The first-order chi connectivity index (χ1) is 7.69. The maximum Gasteiger partial charge on any atom is 0.273 e. The summed E-state index contributed by atoms with van der Waals surface area (Å²) in [5.74, 6) is 0.841. The van der Waals surface area contributed by atoms with Gasteiger partial charge >= 0.3 is 0 Å². The Morgan fingerprint density at radius 3 is 2.75 bits per heavy atom. The van der Waals surface area contributed by atoms with Crippen molar-refractivity contribution in [1.29, 1.82) is 0 Å². The van der Waals surface area contributed by atoms with Crippen LogP contribution in [0.3, 0.4) is 0 Å². The lowest BCUT2D eigenvalue weighted by Crippen LogP contribution is -2.06. The van der Waals surface area contributed by atoms with Crippen LogP contribution < -0.4 is 15.2 Å². The first-order valence-corrected chi connectivity index (χ1v) is 4.84. The van der Waals surface area contributed by atoms with Crippen molar-refractivity contribution in [2.24, 2.45) is 5.73 Å². The van der Waals surface area contributed by atoms with Crippen LogP contribution in [0.5, 0.6) is 11.5 Å². The normalized spacial score (nSPS) is 9.88. The van der Waals surface area contributed by atoms with Crippen molar-refractivity contribution >= 4 is 5.69 Å². The summed E-state index contributed by atoms with van der Waals surface area (Å²) in [6.07, 6.45) is 0.686. The zero-order valence-corrected chi connectivity index (χ0v) is 9.01. The van der Waals surface area contributed by atoms with Gasteiger partial charge in [0.05, 0.1) is 24.7 Å². The molecule has 1 rings (SSSR count). The van der Waals surface area contributed by atoms with E-state index in [1.165, 1.54) is 25.3 Å². The lowest BCUT2D eigenvalue weighted by atomic mass is 10.3. The molecule has 0 amide bonds. The number of benzene rings is 1. The highest BCUT2D eigenvalue weighted by Gasteiger charge is 2.11. The van der Waals surface area contributed by atoms with E-state index in [1.54, 1.807) is 0 Å². The number of nitrogens with zero attached hydrogens (tertiary/aromatic N) is 1. The van der Waals surface area contributed by atoms with Gasteiger partial charge in [0.2, 0.25) is 0 Å². The van der Waals surface area contributed by atoms with E-state index in [0.717, 1.165) is 0 Å². The maximum atomic E-state index is 10.6. The Balaban J connectivity index is 2.84. The van der Waals surface area contributed by atoms with Crippen LogP contribution in [0.25, 0.3) is 0 Å². The summed E-state index contributed by atoms with van der Waals surface area (Å²) in [5, 5.41) is 10.6. The van der Waals surface area contributed by atoms with Crippen LogP contribution in [0.2, 0.25) is 0 Å². The summed E-state index contributed by atoms with van der Waals surface area (Å²) in [6.45, 7) is 0.922. The molecule has 0 aliphatic heterocycles. The van der Waals surface area contributed by atoms with Gasteiger partial charge in [0.15, 0.2) is 11.5 Å². The average Bonchev–Trinajstić information content (AvgIpc) is 2.29. The van der Waals surface area contributed by atoms with Gasteiger partial charge in [-0.05, 0) is 19.0 Å². The van der Waals surface area contributed by atoms with E-state index in [0.29, 0.717) is 31.1 Å². The molecular formula is C10H14N2O4. The van der Waals surface area contributed by atoms with E-state index >= 15 is 0 Å². The lowest BCUT2D eigenvalue weighted by Gasteiger charge is -2.09. The molecule has 0 unspecified atom stereocenters. The fourth-order valence-electron chi connectivity index (χ4n) is 1.16. The van der Waals surface area contributed by atoms with Gasteiger partial charge in [-0.25, -0.2) is 0 Å². The predicted octanol–water partition coefficient (Wildman–Crippen LogP) is 1.33. The Labute approximate surface area is 93.1 Å². The number of nitrogens with two attached hydrogens (primary N) is 1. The number of hydrogen-bond donors (Lipinski definition) is 1. The SMILES string of the molecule is COc1ccc([N+](=O)[O-])cc1OCCCN. The zero-order valence-electron chi connectivity index (χ0n) is 9.01. The number of methoxy groups -OCH3 is 1. The number of hydrogen-bond acceptors (Lipinski definition) is 5. The first-order valence-electron chi connectivity index (χ1n) is 4.84. The molecule has 88 valence electrons. The van der Waals surface area contributed by atoms with Gasteiger partial charge in [0.25, 0.3) is 5.69 Å². The van der Waals surface area contributed by atoms with Gasteiger partial charge in [-0.2, -0.15) is 0 Å². The average molecular weight is 226 g/mol. The molecule has 2 N–H and O–H groups in total. The summed E-state index contributed by atoms with van der Waals surface area (Å²) in [7, 11) is 1.48. The zero-order chi connectivity index (χ0) is 12.0. The quantitative estimate of drug-likeness (QED) is 0.449. The van der Waals surface area contributed by atoms with Crippen LogP contribution in [-0.4, -0.2) is 25.2 Å². The summed E-state index contributed by atoms with van der Waals surface area (Å²) in [4.78, 5) is 10.1. The molecule has 0 saturated carbocycles. The van der Waals surface area contributed by atoms with E-state index < -0.39 is 4.92 Å². The molecule has 0 atom stereocenters. The molecule has 1 aromatic carbocycles. The van der Waals surface area contributed by atoms with Crippen LogP contribution >= 0.6 is 0 Å².